The van der Waals surface area contributed by atoms with Crippen LogP contribution in [0.4, 0.5) is 0 Å². The Morgan fingerprint density at radius 3 is 1.21 bits per heavy atom. The first-order valence-electron chi connectivity index (χ1n) is 9.66. The monoisotopic (exact) mass is 423 g/mol. The summed E-state index contributed by atoms with van der Waals surface area (Å²) in [5, 5.41) is 1.06. The summed E-state index contributed by atoms with van der Waals surface area (Å²) in [7, 11) is 0. The van der Waals surface area contributed by atoms with Gasteiger partial charge >= 0.3 is 171 Å². The van der Waals surface area contributed by atoms with Gasteiger partial charge in [-0.2, -0.15) is 0 Å². The van der Waals surface area contributed by atoms with E-state index in [-0.39, 0.29) is 0 Å². The Hall–Kier alpha value is -2.82. The zero-order valence-electron chi connectivity index (χ0n) is 15.9. The van der Waals surface area contributed by atoms with Crippen molar-refractivity contribution < 1.29 is 0 Å². The summed E-state index contributed by atoms with van der Waals surface area (Å²) in [4.78, 5) is 0. The molecule has 0 amide bonds. The molecule has 0 atom stereocenters. The van der Waals surface area contributed by atoms with Crippen LogP contribution in [-0.4, -0.2) is 13.6 Å². The molecular formula is C27H24As+. The predicted octanol–water partition coefficient (Wildman–Crippen LogP) is 4.87. The number of hydrogen-bond donors (Lipinski definition) is 0. The van der Waals surface area contributed by atoms with Crippen molar-refractivity contribution in [1.29, 1.82) is 0 Å². The van der Waals surface area contributed by atoms with Crippen molar-refractivity contribution >= 4 is 32.7 Å². The van der Waals surface area contributed by atoms with Crippen LogP contribution in [-0.2, 0) is 0 Å². The van der Waals surface area contributed by atoms with E-state index in [2.05, 4.69) is 133 Å². The molecule has 0 aliphatic carbocycles. The number of allylic oxidation sites excluding steroid dienone is 1. The van der Waals surface area contributed by atoms with Gasteiger partial charge < -0.3 is 0 Å². The minimum absolute atomic E-state index is 1.06. The molecule has 0 nitrogen and oxygen atoms in total. The van der Waals surface area contributed by atoms with Crippen LogP contribution < -0.4 is 13.1 Å². The van der Waals surface area contributed by atoms with Gasteiger partial charge in [0.15, 0.2) is 0 Å². The van der Waals surface area contributed by atoms with Crippen LogP contribution in [0.25, 0.3) is 6.08 Å². The Morgan fingerprint density at radius 1 is 0.464 bits per heavy atom. The van der Waals surface area contributed by atoms with Gasteiger partial charge in [-0.3, -0.25) is 0 Å². The zero-order valence-corrected chi connectivity index (χ0v) is 17.7. The van der Waals surface area contributed by atoms with Crippen LogP contribution in [0.2, 0.25) is 5.21 Å². The average molecular weight is 423 g/mol. The van der Waals surface area contributed by atoms with E-state index in [0.29, 0.717) is 0 Å². The molecule has 4 aromatic carbocycles. The van der Waals surface area contributed by atoms with Crippen molar-refractivity contribution in [2.75, 3.05) is 0 Å². The van der Waals surface area contributed by atoms with Crippen LogP contribution in [0.3, 0.4) is 0 Å². The third kappa shape index (κ3) is 3.88. The van der Waals surface area contributed by atoms with Gasteiger partial charge in [0, 0.05) is 0 Å². The van der Waals surface area contributed by atoms with E-state index in [1.54, 1.807) is 0 Å². The third-order valence-electron chi connectivity index (χ3n) is 5.08. The normalized spacial score (nSPS) is 11.6. The van der Waals surface area contributed by atoms with Crippen molar-refractivity contribution in [2.45, 2.75) is 5.21 Å². The summed E-state index contributed by atoms with van der Waals surface area (Å²) < 4.78 is 4.45. The first-order chi connectivity index (χ1) is 13.9. The van der Waals surface area contributed by atoms with E-state index in [1.807, 2.05) is 0 Å². The molecule has 0 unspecified atom stereocenters. The molecule has 0 spiro atoms. The van der Waals surface area contributed by atoms with Gasteiger partial charge in [-0.05, 0) is 0 Å². The number of rotatable bonds is 6. The Bertz CT molecular complexity index is 910. The van der Waals surface area contributed by atoms with E-state index in [1.165, 1.54) is 18.6 Å². The number of benzene rings is 4. The second kappa shape index (κ2) is 8.91. The Morgan fingerprint density at radius 2 is 0.821 bits per heavy atom. The first kappa shape index (κ1) is 18.5. The Kier molecular flexibility index (Phi) is 5.90. The maximum absolute atomic E-state index is 2.62. The quantitative estimate of drug-likeness (QED) is 0.388. The summed E-state index contributed by atoms with van der Waals surface area (Å²) in [6.45, 7) is 0. The van der Waals surface area contributed by atoms with E-state index in [9.17, 15) is 0 Å². The molecule has 0 aromatic heterocycles. The molecule has 0 radical (unpaired) electrons. The van der Waals surface area contributed by atoms with E-state index >= 15 is 0 Å². The van der Waals surface area contributed by atoms with E-state index in [0.717, 1.165) is 5.21 Å². The average Bonchev–Trinajstić information content (AvgIpc) is 2.79. The molecule has 1 heteroatoms. The van der Waals surface area contributed by atoms with Gasteiger partial charge in [0.05, 0.1) is 0 Å². The molecule has 0 aliphatic heterocycles. The van der Waals surface area contributed by atoms with Crippen LogP contribution in [0.1, 0.15) is 5.56 Å². The summed E-state index contributed by atoms with van der Waals surface area (Å²) in [5.41, 5.74) is 1.25. The second-order valence-electron chi connectivity index (χ2n) is 6.81. The Labute approximate surface area is 170 Å². The van der Waals surface area contributed by atoms with Gasteiger partial charge in [0.2, 0.25) is 0 Å². The molecule has 0 bridgehead atoms. The van der Waals surface area contributed by atoms with Gasteiger partial charge in [-0.15, -0.1) is 0 Å². The minimum atomic E-state index is -2.62. The van der Waals surface area contributed by atoms with Gasteiger partial charge in [-0.1, -0.05) is 0 Å². The number of hydrogen-bond acceptors (Lipinski definition) is 0. The summed E-state index contributed by atoms with van der Waals surface area (Å²) >= 11 is -2.62. The predicted molar refractivity (Wildman–Crippen MR) is 124 cm³/mol. The molecule has 0 fully saturated rings. The first-order valence-corrected chi connectivity index (χ1v) is 13.8. The van der Waals surface area contributed by atoms with Crippen molar-refractivity contribution in [3.63, 3.8) is 0 Å². The fourth-order valence-corrected chi connectivity index (χ4v) is 12.1. The van der Waals surface area contributed by atoms with Crippen molar-refractivity contribution in [1.82, 2.24) is 0 Å². The van der Waals surface area contributed by atoms with Crippen molar-refractivity contribution in [3.05, 3.63) is 133 Å². The standard InChI is InChI=1S/C27H24As/c1-5-14-24(15-6-1)16-13-23-28(25-17-7-2-8-18-25,26-19-9-3-10-20-26)27-21-11-4-12-22-27/h1-22H,23H2/q+1. The molecular weight excluding hydrogens is 399 g/mol. The zero-order chi connectivity index (χ0) is 19.1. The molecule has 136 valence electrons. The van der Waals surface area contributed by atoms with Gasteiger partial charge in [0.1, 0.15) is 0 Å². The molecule has 4 rings (SSSR count). The summed E-state index contributed by atoms with van der Waals surface area (Å²) in [5.74, 6) is 0. The van der Waals surface area contributed by atoms with Crippen molar-refractivity contribution in [3.8, 4) is 0 Å². The third-order valence-corrected chi connectivity index (χ3v) is 14.1. The second-order valence-corrected chi connectivity index (χ2v) is 14.2. The van der Waals surface area contributed by atoms with Gasteiger partial charge in [-0.25, -0.2) is 0 Å². The molecule has 28 heavy (non-hydrogen) atoms. The van der Waals surface area contributed by atoms with E-state index in [4.69, 9.17) is 0 Å². The molecule has 0 aliphatic rings. The van der Waals surface area contributed by atoms with Gasteiger partial charge in [0.25, 0.3) is 0 Å². The van der Waals surface area contributed by atoms with Crippen LogP contribution in [0.5, 0.6) is 0 Å². The fourth-order valence-electron chi connectivity index (χ4n) is 3.72. The van der Waals surface area contributed by atoms with Crippen molar-refractivity contribution in [2.24, 2.45) is 0 Å². The summed E-state index contributed by atoms with van der Waals surface area (Å²) in [6, 6.07) is 43.9. The molecule has 0 N–H and O–H groups in total. The maximum atomic E-state index is 2.38. The van der Waals surface area contributed by atoms with Crippen LogP contribution >= 0.6 is 0 Å². The molecule has 4 aromatic rings. The fraction of sp³-hybridized carbons (Fsp3) is 0.0370. The topological polar surface area (TPSA) is 0 Å². The molecule has 0 saturated carbocycles. The van der Waals surface area contributed by atoms with Crippen LogP contribution in [0, 0.1) is 0 Å². The Balaban J connectivity index is 1.87. The SMILES string of the molecule is C(=Cc1ccccc1)C[As+](c1ccccc1)(c1ccccc1)c1ccccc1. The van der Waals surface area contributed by atoms with E-state index < -0.39 is 13.6 Å². The molecule has 0 saturated heterocycles. The molecule has 0 heterocycles. The summed E-state index contributed by atoms with van der Waals surface area (Å²) in [6.07, 6.45) is 4.65. The van der Waals surface area contributed by atoms with Crippen LogP contribution in [0.15, 0.2) is 127 Å².